The van der Waals surface area contributed by atoms with Gasteiger partial charge in [0.05, 0.1) is 0 Å². The smallest absolute Gasteiger partial charge is 0.349 e. The van der Waals surface area contributed by atoms with E-state index >= 15 is 0 Å². The van der Waals surface area contributed by atoms with E-state index in [1.165, 1.54) is 6.07 Å². The lowest BCUT2D eigenvalue weighted by Crippen LogP contribution is -2.14. The average molecular weight is 280 g/mol. The maximum atomic E-state index is 13.5. The number of benzene rings is 2. The molecule has 0 aliphatic rings. The molecule has 5 heteroatoms. The zero-order chi connectivity index (χ0) is 14.9. The van der Waals surface area contributed by atoms with E-state index in [9.17, 15) is 18.0 Å². The maximum absolute atomic E-state index is 13.5. The van der Waals surface area contributed by atoms with Crippen molar-refractivity contribution < 1.29 is 22.7 Å². The third-order valence-electron chi connectivity index (χ3n) is 2.97. The molecular formula is C15H11F3O2. The average Bonchev–Trinajstić information content (AvgIpc) is 2.33. The normalized spacial score (nSPS) is 10.4. The number of rotatable bonds is 2. The quantitative estimate of drug-likeness (QED) is 0.615. The topological polar surface area (TPSA) is 26.3 Å². The fourth-order valence-electron chi connectivity index (χ4n) is 1.72. The first kappa shape index (κ1) is 14.1. The van der Waals surface area contributed by atoms with Crippen molar-refractivity contribution in [3.8, 4) is 5.75 Å². The Kier molecular flexibility index (Phi) is 3.79. The van der Waals surface area contributed by atoms with E-state index in [4.69, 9.17) is 4.74 Å². The largest absolute Gasteiger partial charge is 0.422 e. The molecule has 0 N–H and O–H groups in total. The summed E-state index contributed by atoms with van der Waals surface area (Å²) >= 11 is 0. The molecule has 104 valence electrons. The lowest BCUT2D eigenvalue weighted by molar-refractivity contribution is 0.0723. The number of ether oxygens (including phenoxy) is 1. The monoisotopic (exact) mass is 280 g/mol. The third kappa shape index (κ3) is 2.66. The highest BCUT2D eigenvalue weighted by molar-refractivity contribution is 5.91. The molecule has 2 nitrogen and oxygen atoms in total. The van der Waals surface area contributed by atoms with Crippen LogP contribution in [0.4, 0.5) is 13.2 Å². The minimum absolute atomic E-state index is 0.207. The molecule has 0 aliphatic heterocycles. The Labute approximate surface area is 113 Å². The van der Waals surface area contributed by atoms with Crippen LogP contribution in [0.15, 0.2) is 30.3 Å². The number of carbonyl (C=O) groups is 1. The molecule has 2 rings (SSSR count). The minimum atomic E-state index is -1.29. The highest BCUT2D eigenvalue weighted by atomic mass is 19.1. The van der Waals surface area contributed by atoms with Crippen molar-refractivity contribution in [1.82, 2.24) is 0 Å². The van der Waals surface area contributed by atoms with Crippen LogP contribution in [-0.4, -0.2) is 5.97 Å². The fraction of sp³-hybridized carbons (Fsp3) is 0.133. The Morgan fingerprint density at radius 2 is 1.65 bits per heavy atom. The Bertz CT molecular complexity index is 658. The summed E-state index contributed by atoms with van der Waals surface area (Å²) in [5, 5.41) is 0. The van der Waals surface area contributed by atoms with Crippen molar-refractivity contribution in [2.45, 2.75) is 13.8 Å². The van der Waals surface area contributed by atoms with E-state index in [-0.39, 0.29) is 5.75 Å². The SMILES string of the molecule is Cc1cccc(OC(=O)c2c(F)cc(F)cc2F)c1C. The zero-order valence-electron chi connectivity index (χ0n) is 10.8. The molecule has 0 spiro atoms. The van der Waals surface area contributed by atoms with Crippen molar-refractivity contribution >= 4 is 5.97 Å². The molecule has 0 unspecified atom stereocenters. The van der Waals surface area contributed by atoms with Gasteiger partial charge in [0.1, 0.15) is 28.8 Å². The van der Waals surface area contributed by atoms with Crippen LogP contribution in [-0.2, 0) is 0 Å². The Hall–Kier alpha value is -2.30. The third-order valence-corrected chi connectivity index (χ3v) is 2.97. The molecule has 2 aromatic carbocycles. The second kappa shape index (κ2) is 5.36. The van der Waals surface area contributed by atoms with E-state index in [1.807, 2.05) is 13.0 Å². The van der Waals surface area contributed by atoms with Crippen LogP contribution < -0.4 is 4.74 Å². The number of hydrogen-bond acceptors (Lipinski definition) is 2. The van der Waals surface area contributed by atoms with Crippen molar-refractivity contribution in [1.29, 1.82) is 0 Å². The van der Waals surface area contributed by atoms with Crippen molar-refractivity contribution in [2.75, 3.05) is 0 Å². The molecule has 0 saturated heterocycles. The van der Waals surface area contributed by atoms with E-state index in [1.54, 1.807) is 13.0 Å². The van der Waals surface area contributed by atoms with Gasteiger partial charge in [-0.05, 0) is 31.0 Å². The fourth-order valence-corrected chi connectivity index (χ4v) is 1.72. The molecule has 0 saturated carbocycles. The molecule has 0 aliphatic carbocycles. The van der Waals surface area contributed by atoms with Gasteiger partial charge in [-0.2, -0.15) is 0 Å². The Morgan fingerprint density at radius 3 is 2.25 bits per heavy atom. The van der Waals surface area contributed by atoms with Crippen LogP contribution in [0.25, 0.3) is 0 Å². The summed E-state index contributed by atoms with van der Waals surface area (Å²) in [7, 11) is 0. The van der Waals surface area contributed by atoms with E-state index in [0.29, 0.717) is 17.7 Å². The first-order valence-electron chi connectivity index (χ1n) is 5.83. The van der Waals surface area contributed by atoms with Crippen LogP contribution >= 0.6 is 0 Å². The standard InChI is InChI=1S/C15H11F3O2/c1-8-4-3-5-13(9(8)2)20-15(19)14-11(17)6-10(16)7-12(14)18/h3-7H,1-2H3. The maximum Gasteiger partial charge on any atom is 0.349 e. The predicted octanol–water partition coefficient (Wildman–Crippen LogP) is 3.94. The van der Waals surface area contributed by atoms with Gasteiger partial charge in [-0.15, -0.1) is 0 Å². The van der Waals surface area contributed by atoms with Gasteiger partial charge < -0.3 is 4.74 Å². The van der Waals surface area contributed by atoms with Crippen LogP contribution in [0, 0.1) is 31.3 Å². The van der Waals surface area contributed by atoms with Crippen molar-refractivity contribution in [2.24, 2.45) is 0 Å². The van der Waals surface area contributed by atoms with Gasteiger partial charge in [-0.25, -0.2) is 18.0 Å². The van der Waals surface area contributed by atoms with Gasteiger partial charge >= 0.3 is 5.97 Å². The summed E-state index contributed by atoms with van der Waals surface area (Å²) in [6.45, 7) is 3.53. The van der Waals surface area contributed by atoms with Crippen LogP contribution in [0.2, 0.25) is 0 Å². The van der Waals surface area contributed by atoms with Gasteiger partial charge in [0.2, 0.25) is 0 Å². The van der Waals surface area contributed by atoms with Gasteiger partial charge in [0.15, 0.2) is 0 Å². The number of esters is 1. The van der Waals surface area contributed by atoms with Crippen LogP contribution in [0.1, 0.15) is 21.5 Å². The van der Waals surface area contributed by atoms with Crippen molar-refractivity contribution in [3.63, 3.8) is 0 Å². The molecule has 0 amide bonds. The summed E-state index contributed by atoms with van der Waals surface area (Å²) in [6, 6.07) is 5.85. The molecule has 0 fully saturated rings. The molecule has 0 heterocycles. The van der Waals surface area contributed by atoms with Gasteiger partial charge in [0, 0.05) is 12.1 Å². The lowest BCUT2D eigenvalue weighted by Gasteiger charge is -2.10. The summed E-state index contributed by atoms with van der Waals surface area (Å²) in [5.74, 6) is -4.68. The highest BCUT2D eigenvalue weighted by Gasteiger charge is 2.21. The first-order chi connectivity index (χ1) is 9.40. The highest BCUT2D eigenvalue weighted by Crippen LogP contribution is 2.23. The predicted molar refractivity (Wildman–Crippen MR) is 67.2 cm³/mol. The molecular weight excluding hydrogens is 269 g/mol. The zero-order valence-corrected chi connectivity index (χ0v) is 10.8. The van der Waals surface area contributed by atoms with Gasteiger partial charge in [-0.3, -0.25) is 0 Å². The minimum Gasteiger partial charge on any atom is -0.422 e. The number of hydrogen-bond donors (Lipinski definition) is 0. The number of carbonyl (C=O) groups excluding carboxylic acids is 1. The molecule has 2 aromatic rings. The summed E-state index contributed by atoms with van der Waals surface area (Å²) in [6.07, 6.45) is 0. The molecule has 0 atom stereocenters. The van der Waals surface area contributed by atoms with E-state index in [2.05, 4.69) is 0 Å². The van der Waals surface area contributed by atoms with Gasteiger partial charge in [0.25, 0.3) is 0 Å². The van der Waals surface area contributed by atoms with Crippen LogP contribution in [0.5, 0.6) is 5.75 Å². The molecule has 0 bridgehead atoms. The van der Waals surface area contributed by atoms with E-state index < -0.39 is 29.0 Å². The molecule has 0 aromatic heterocycles. The Morgan fingerprint density at radius 1 is 1.05 bits per heavy atom. The number of halogens is 3. The summed E-state index contributed by atoms with van der Waals surface area (Å²) in [4.78, 5) is 11.8. The summed E-state index contributed by atoms with van der Waals surface area (Å²) in [5.41, 5.74) is 0.645. The molecule has 0 radical (unpaired) electrons. The second-order valence-corrected chi connectivity index (χ2v) is 4.33. The first-order valence-corrected chi connectivity index (χ1v) is 5.83. The second-order valence-electron chi connectivity index (χ2n) is 4.33. The molecule has 20 heavy (non-hydrogen) atoms. The lowest BCUT2D eigenvalue weighted by atomic mass is 10.1. The summed E-state index contributed by atoms with van der Waals surface area (Å²) < 4.78 is 44.7. The van der Waals surface area contributed by atoms with E-state index in [0.717, 1.165) is 5.56 Å². The Balaban J connectivity index is 2.36. The van der Waals surface area contributed by atoms with Gasteiger partial charge in [-0.1, -0.05) is 12.1 Å². The number of aryl methyl sites for hydroxylation is 1. The van der Waals surface area contributed by atoms with Crippen LogP contribution in [0.3, 0.4) is 0 Å². The van der Waals surface area contributed by atoms with Crippen molar-refractivity contribution in [3.05, 3.63) is 64.5 Å².